The smallest absolute Gasteiger partial charge is 0.175 e. The third-order valence-corrected chi connectivity index (χ3v) is 5.24. The van der Waals surface area contributed by atoms with Gasteiger partial charge in [-0.1, -0.05) is 67.2 Å². The van der Waals surface area contributed by atoms with E-state index >= 15 is 0 Å². The minimum absolute atomic E-state index is 0.293. The van der Waals surface area contributed by atoms with Gasteiger partial charge >= 0.3 is 0 Å². The number of benzene rings is 2. The fourth-order valence-electron chi connectivity index (χ4n) is 2.72. The summed E-state index contributed by atoms with van der Waals surface area (Å²) in [6.07, 6.45) is 6.87. The molecule has 156 valence electrons. The lowest BCUT2D eigenvalue weighted by Gasteiger charge is -2.09. The van der Waals surface area contributed by atoms with E-state index in [-0.39, 0.29) is 0 Å². The summed E-state index contributed by atoms with van der Waals surface area (Å²) in [4.78, 5) is 5.07. The summed E-state index contributed by atoms with van der Waals surface area (Å²) in [5.74, 6) is 0.758. The van der Waals surface area contributed by atoms with E-state index in [4.69, 9.17) is 16.6 Å². The van der Waals surface area contributed by atoms with Crippen molar-refractivity contribution in [3.05, 3.63) is 97.0 Å². The van der Waals surface area contributed by atoms with Crippen LogP contribution in [0.1, 0.15) is 19.7 Å². The standard InChI is InChI=1S/C21H20N2O2S.C3H5Cl/c1-4-16(5-2)21-22-20(17-9-7-6-8-10-17)15-23(21)18-11-13-19(14-12-18)26(3,24)25;1-3(2)4/h4-15H,1H2,2-3H3;1H2,2H3/b16-5+;. The van der Waals surface area contributed by atoms with Gasteiger partial charge in [-0.15, -0.1) is 0 Å². The van der Waals surface area contributed by atoms with Crippen LogP contribution in [0.3, 0.4) is 0 Å². The van der Waals surface area contributed by atoms with Crippen LogP contribution in [0.4, 0.5) is 0 Å². The average molecular weight is 441 g/mol. The molecule has 2 aromatic carbocycles. The molecule has 0 spiro atoms. The molecule has 4 nitrogen and oxygen atoms in total. The van der Waals surface area contributed by atoms with Crippen LogP contribution in [0.15, 0.2) is 96.0 Å². The molecule has 0 unspecified atom stereocenters. The number of imidazole rings is 1. The maximum atomic E-state index is 11.7. The highest BCUT2D eigenvalue weighted by molar-refractivity contribution is 7.90. The van der Waals surface area contributed by atoms with Crippen LogP contribution in [-0.2, 0) is 9.84 Å². The largest absolute Gasteiger partial charge is 0.299 e. The summed E-state index contributed by atoms with van der Waals surface area (Å²) in [6.45, 7) is 10.9. The third-order valence-electron chi connectivity index (χ3n) is 4.11. The van der Waals surface area contributed by atoms with Crippen molar-refractivity contribution < 1.29 is 8.42 Å². The van der Waals surface area contributed by atoms with Crippen LogP contribution in [0.5, 0.6) is 0 Å². The molecule has 0 amide bonds. The number of halogens is 1. The molecule has 0 aliphatic rings. The van der Waals surface area contributed by atoms with Gasteiger partial charge in [-0.3, -0.25) is 4.57 Å². The molecule has 0 bridgehead atoms. The second-order valence-electron chi connectivity index (χ2n) is 6.58. The Hall–Kier alpha value is -2.89. The van der Waals surface area contributed by atoms with E-state index in [0.29, 0.717) is 9.93 Å². The lowest BCUT2D eigenvalue weighted by Crippen LogP contribution is -2.01. The molecule has 1 heterocycles. The predicted octanol–water partition coefficient (Wildman–Crippen LogP) is 6.29. The zero-order chi connectivity index (χ0) is 22.3. The van der Waals surface area contributed by atoms with E-state index < -0.39 is 9.84 Å². The van der Waals surface area contributed by atoms with Crippen LogP contribution < -0.4 is 0 Å². The zero-order valence-electron chi connectivity index (χ0n) is 17.3. The Labute approximate surface area is 183 Å². The summed E-state index contributed by atoms with van der Waals surface area (Å²) >= 11 is 5.08. The van der Waals surface area contributed by atoms with Gasteiger partial charge in [0.15, 0.2) is 9.84 Å². The number of hydrogen-bond acceptors (Lipinski definition) is 3. The Morgan fingerprint density at radius 3 is 2.13 bits per heavy atom. The molecule has 3 rings (SSSR count). The zero-order valence-corrected chi connectivity index (χ0v) is 18.9. The Kier molecular flexibility index (Phi) is 7.98. The highest BCUT2D eigenvalue weighted by Crippen LogP contribution is 2.26. The molecular formula is C24H25ClN2O2S. The number of aromatic nitrogens is 2. The first-order valence-electron chi connectivity index (χ1n) is 9.22. The van der Waals surface area contributed by atoms with E-state index in [1.165, 1.54) is 6.26 Å². The van der Waals surface area contributed by atoms with Crippen LogP contribution >= 0.6 is 11.6 Å². The van der Waals surface area contributed by atoms with Crippen molar-refractivity contribution in [3.8, 4) is 16.9 Å². The van der Waals surface area contributed by atoms with Crippen molar-refractivity contribution in [1.29, 1.82) is 0 Å². The highest BCUT2D eigenvalue weighted by Gasteiger charge is 2.14. The van der Waals surface area contributed by atoms with Crippen molar-refractivity contribution in [2.45, 2.75) is 18.7 Å². The first-order chi connectivity index (χ1) is 14.2. The van der Waals surface area contributed by atoms with E-state index in [2.05, 4.69) is 13.2 Å². The van der Waals surface area contributed by atoms with Crippen molar-refractivity contribution in [1.82, 2.24) is 9.55 Å². The van der Waals surface area contributed by atoms with E-state index in [1.54, 1.807) is 37.3 Å². The molecule has 6 heteroatoms. The SMILES string of the molecule is C=C(C)Cl.C=C/C(=C\C)c1nc(-c2ccccc2)cn1-c1ccc(S(C)(=O)=O)cc1. The summed E-state index contributed by atoms with van der Waals surface area (Å²) in [5, 5.41) is 0.639. The lowest BCUT2D eigenvalue weighted by atomic mass is 10.2. The summed E-state index contributed by atoms with van der Waals surface area (Å²) in [5.41, 5.74) is 3.59. The van der Waals surface area contributed by atoms with Crippen molar-refractivity contribution in [2.24, 2.45) is 0 Å². The quantitative estimate of drug-likeness (QED) is 0.438. The number of nitrogens with zero attached hydrogens (tertiary/aromatic N) is 2. The molecular weight excluding hydrogens is 416 g/mol. The van der Waals surface area contributed by atoms with Crippen molar-refractivity contribution in [2.75, 3.05) is 6.26 Å². The summed E-state index contributed by atoms with van der Waals surface area (Å²) in [6, 6.07) is 16.7. The summed E-state index contributed by atoms with van der Waals surface area (Å²) in [7, 11) is -3.23. The number of rotatable bonds is 5. The van der Waals surface area contributed by atoms with Gasteiger partial charge in [-0.05, 0) is 38.1 Å². The monoisotopic (exact) mass is 440 g/mol. The lowest BCUT2D eigenvalue weighted by molar-refractivity contribution is 0.602. The first kappa shape index (κ1) is 23.4. The molecule has 0 aliphatic carbocycles. The van der Waals surface area contributed by atoms with Gasteiger partial charge in [0.25, 0.3) is 0 Å². The van der Waals surface area contributed by atoms with Gasteiger partial charge in [-0.2, -0.15) is 0 Å². The van der Waals surface area contributed by atoms with Gasteiger partial charge in [0, 0.05) is 34.3 Å². The van der Waals surface area contributed by atoms with Gasteiger partial charge < -0.3 is 0 Å². The summed E-state index contributed by atoms with van der Waals surface area (Å²) < 4.78 is 25.3. The maximum absolute atomic E-state index is 11.7. The highest BCUT2D eigenvalue weighted by atomic mass is 35.5. The molecule has 1 aromatic heterocycles. The molecule has 0 atom stereocenters. The van der Waals surface area contributed by atoms with Gasteiger partial charge in [0.1, 0.15) is 5.82 Å². The van der Waals surface area contributed by atoms with Crippen molar-refractivity contribution >= 4 is 27.0 Å². The van der Waals surface area contributed by atoms with Crippen LogP contribution in [0.2, 0.25) is 0 Å². The van der Waals surface area contributed by atoms with E-state index in [1.807, 2.05) is 54.1 Å². The second kappa shape index (κ2) is 10.2. The number of sulfone groups is 1. The molecule has 30 heavy (non-hydrogen) atoms. The Morgan fingerprint density at radius 2 is 1.67 bits per heavy atom. The minimum Gasteiger partial charge on any atom is -0.299 e. The molecule has 0 aliphatic heterocycles. The number of allylic oxidation sites excluding steroid dienone is 4. The van der Waals surface area contributed by atoms with Crippen LogP contribution in [-0.4, -0.2) is 24.2 Å². The Morgan fingerprint density at radius 1 is 1.10 bits per heavy atom. The van der Waals surface area contributed by atoms with Crippen LogP contribution in [0, 0.1) is 0 Å². The van der Waals surface area contributed by atoms with Gasteiger partial charge in [0.05, 0.1) is 10.6 Å². The average Bonchev–Trinajstić information content (AvgIpc) is 3.14. The molecule has 0 radical (unpaired) electrons. The predicted molar refractivity (Wildman–Crippen MR) is 127 cm³/mol. The third kappa shape index (κ3) is 6.05. The van der Waals surface area contributed by atoms with Crippen LogP contribution in [0.25, 0.3) is 22.5 Å². The Bertz CT molecular complexity index is 1160. The van der Waals surface area contributed by atoms with Crippen molar-refractivity contribution in [3.63, 3.8) is 0 Å². The molecule has 0 saturated heterocycles. The fourth-order valence-corrected chi connectivity index (χ4v) is 3.35. The molecule has 0 fully saturated rings. The normalized spacial score (nSPS) is 11.4. The van der Waals surface area contributed by atoms with Gasteiger partial charge in [-0.25, -0.2) is 13.4 Å². The first-order valence-corrected chi connectivity index (χ1v) is 11.5. The molecule has 3 aromatic rings. The molecule has 0 N–H and O–H groups in total. The number of hydrogen-bond donors (Lipinski definition) is 0. The second-order valence-corrected chi connectivity index (χ2v) is 9.24. The van der Waals surface area contributed by atoms with Gasteiger partial charge in [0.2, 0.25) is 0 Å². The van der Waals surface area contributed by atoms with E-state index in [9.17, 15) is 8.42 Å². The van der Waals surface area contributed by atoms with E-state index in [0.717, 1.165) is 28.3 Å². The minimum atomic E-state index is -3.23. The Balaban J connectivity index is 0.000000735. The fraction of sp³-hybridized carbons (Fsp3) is 0.125. The molecule has 0 saturated carbocycles. The topological polar surface area (TPSA) is 52.0 Å². The maximum Gasteiger partial charge on any atom is 0.175 e.